The molecule has 14 nitrogen and oxygen atoms in total. The Morgan fingerprint density at radius 1 is 1.06 bits per heavy atom. The van der Waals surface area contributed by atoms with E-state index in [-0.39, 0.29) is 36.6 Å². The van der Waals surface area contributed by atoms with Crippen LogP contribution in [0.5, 0.6) is 0 Å². The lowest BCUT2D eigenvalue weighted by atomic mass is 9.42. The van der Waals surface area contributed by atoms with Crippen LogP contribution in [0.15, 0.2) is 25.3 Å². The Balaban J connectivity index is 0.966. The van der Waals surface area contributed by atoms with E-state index in [2.05, 4.69) is 38.7 Å². The summed E-state index contributed by atoms with van der Waals surface area (Å²) in [6, 6.07) is 0.286. The Hall–Kier alpha value is -3.46. The fraction of sp³-hybridized carbons (Fsp3) is 0.744. The largest absolute Gasteiger partial charge is 0.458 e. The second-order valence-corrected chi connectivity index (χ2v) is 17.2. The highest BCUT2D eigenvalue weighted by molar-refractivity contribution is 5.86. The smallest absolute Gasteiger partial charge is 0.320 e. The number of fused-ring (bicyclic) bond motifs is 1. The van der Waals surface area contributed by atoms with Gasteiger partial charge in [0.2, 0.25) is 5.91 Å². The lowest BCUT2D eigenvalue weighted by Crippen LogP contribution is -2.69. The van der Waals surface area contributed by atoms with E-state index in [1.807, 2.05) is 42.1 Å². The van der Waals surface area contributed by atoms with Crippen molar-refractivity contribution in [3.05, 3.63) is 25.3 Å². The number of amides is 1. The quantitative estimate of drug-likeness (QED) is 0.268. The van der Waals surface area contributed by atoms with Crippen LogP contribution in [0.4, 0.5) is 5.82 Å². The summed E-state index contributed by atoms with van der Waals surface area (Å²) in [6.07, 6.45) is 5.96. The Bertz CT molecular complexity index is 1740. The van der Waals surface area contributed by atoms with E-state index in [1.165, 1.54) is 0 Å². The maximum absolute atomic E-state index is 13.7. The minimum atomic E-state index is -1.09. The van der Waals surface area contributed by atoms with Crippen molar-refractivity contribution in [3.63, 3.8) is 0 Å². The first kappa shape index (κ1) is 37.8. The molecule has 2 saturated heterocycles. The van der Waals surface area contributed by atoms with Crippen molar-refractivity contribution in [3.8, 4) is 0 Å². The Kier molecular flexibility index (Phi) is 9.99. The third kappa shape index (κ3) is 6.17. The average molecular weight is 735 g/mol. The number of aryl methyl sites for hydroxylation is 1. The molecule has 2 aliphatic heterocycles. The van der Waals surface area contributed by atoms with E-state index in [4.69, 9.17) is 4.74 Å². The number of aliphatic hydroxyl groups is 2. The van der Waals surface area contributed by atoms with E-state index >= 15 is 0 Å². The van der Waals surface area contributed by atoms with Gasteiger partial charge < -0.3 is 34.6 Å². The first-order valence-electron chi connectivity index (χ1n) is 19.5. The van der Waals surface area contributed by atoms with Crippen molar-refractivity contribution >= 4 is 34.6 Å². The Labute approximate surface area is 312 Å². The van der Waals surface area contributed by atoms with Gasteiger partial charge >= 0.3 is 5.97 Å². The predicted molar refractivity (Wildman–Crippen MR) is 199 cm³/mol. The van der Waals surface area contributed by atoms with Crippen molar-refractivity contribution in [1.82, 2.24) is 34.6 Å². The van der Waals surface area contributed by atoms with E-state index in [1.54, 1.807) is 18.7 Å². The molecule has 2 aromatic rings. The number of aliphatic hydroxyl groups excluding tert-OH is 2. The number of rotatable bonds is 8. The van der Waals surface area contributed by atoms with Gasteiger partial charge in [0.25, 0.3) is 0 Å². The van der Waals surface area contributed by atoms with Gasteiger partial charge in [-0.2, -0.15) is 0 Å². The molecule has 290 valence electrons. The lowest BCUT2D eigenvalue weighted by molar-refractivity contribution is -0.252. The van der Waals surface area contributed by atoms with Gasteiger partial charge in [-0.15, -0.1) is 6.58 Å². The van der Waals surface area contributed by atoms with Crippen LogP contribution in [0.3, 0.4) is 0 Å². The van der Waals surface area contributed by atoms with Gasteiger partial charge in [-0.3, -0.25) is 19.3 Å². The topological polar surface area (TPSA) is 166 Å². The number of nitrogens with one attached hydrogen (secondary N) is 1. The molecule has 14 heteroatoms. The molecule has 3 N–H and O–H groups in total. The summed E-state index contributed by atoms with van der Waals surface area (Å²) in [4.78, 5) is 60.6. The number of esters is 1. The summed E-state index contributed by atoms with van der Waals surface area (Å²) < 4.78 is 8.33. The van der Waals surface area contributed by atoms with E-state index in [9.17, 15) is 24.6 Å². The van der Waals surface area contributed by atoms with E-state index in [0.29, 0.717) is 70.5 Å². The number of Topliss-reactive ketones (excluding diaryl/α,β-unsaturated/α-hetero) is 1. The van der Waals surface area contributed by atoms with Crippen LogP contribution in [0.25, 0.3) is 11.2 Å². The van der Waals surface area contributed by atoms with Crippen LogP contribution in [0.2, 0.25) is 0 Å². The van der Waals surface area contributed by atoms with Gasteiger partial charge in [0.15, 0.2) is 17.0 Å². The standard InChI is InChI=1S/C39H58N8O6/c1-7-36(4)20-28(49)38(6)32-27(48)8-10-39(32,26(3)33(36)52)12-11-37(38,5)53-30(51)22-44-16-18-45(19-17-44)29(50)9-14-46-24-43-31-34(46)41-23-42-35(31)47-15-13-40-21-25(47)2/h7,23-26,28,32-33,40,49,52H,1,8-22H2,2-6H3. The third-order valence-corrected chi connectivity index (χ3v) is 14.5. The van der Waals surface area contributed by atoms with E-state index in [0.717, 1.165) is 31.0 Å². The van der Waals surface area contributed by atoms with Crippen LogP contribution < -0.4 is 10.2 Å². The number of ether oxygens (including phenoxy) is 1. The lowest BCUT2D eigenvalue weighted by Gasteiger charge is -2.64. The van der Waals surface area contributed by atoms with Gasteiger partial charge in [0.1, 0.15) is 17.7 Å². The number of piperazine rings is 2. The molecule has 0 radical (unpaired) electrons. The summed E-state index contributed by atoms with van der Waals surface area (Å²) >= 11 is 0. The fourth-order valence-electron chi connectivity index (χ4n) is 10.9. The maximum atomic E-state index is 13.7. The van der Waals surface area contributed by atoms with Gasteiger partial charge in [-0.1, -0.05) is 26.8 Å². The molecule has 5 fully saturated rings. The third-order valence-electron chi connectivity index (χ3n) is 14.5. The number of carbonyl (C=O) groups is 3. The minimum absolute atomic E-state index is 0.0376. The molecule has 2 bridgehead atoms. The summed E-state index contributed by atoms with van der Waals surface area (Å²) in [5.74, 6) is -0.183. The second kappa shape index (κ2) is 14.0. The van der Waals surface area contributed by atoms with Crippen molar-refractivity contribution in [1.29, 1.82) is 0 Å². The predicted octanol–water partition coefficient (Wildman–Crippen LogP) is 2.18. The highest BCUT2D eigenvalue weighted by atomic mass is 16.6. The first-order chi connectivity index (χ1) is 25.2. The van der Waals surface area contributed by atoms with Crippen molar-refractivity contribution < 1.29 is 29.3 Å². The number of imidazole rings is 1. The number of ketones is 1. The molecule has 53 heavy (non-hydrogen) atoms. The Morgan fingerprint density at radius 2 is 1.81 bits per heavy atom. The molecular formula is C39H58N8O6. The van der Waals surface area contributed by atoms with Crippen LogP contribution in [0.1, 0.15) is 73.1 Å². The molecule has 1 amide bonds. The summed E-state index contributed by atoms with van der Waals surface area (Å²) in [7, 11) is 0. The van der Waals surface area contributed by atoms with Crippen molar-refractivity contribution in [2.75, 3.05) is 57.3 Å². The number of anilines is 1. The molecule has 9 unspecified atom stereocenters. The van der Waals surface area contributed by atoms with Crippen molar-refractivity contribution in [2.45, 2.75) is 104 Å². The zero-order valence-corrected chi connectivity index (χ0v) is 32.1. The van der Waals surface area contributed by atoms with Gasteiger partial charge in [-0.25, -0.2) is 15.0 Å². The first-order valence-corrected chi connectivity index (χ1v) is 19.5. The van der Waals surface area contributed by atoms with Crippen LogP contribution >= 0.6 is 0 Å². The highest BCUT2D eigenvalue weighted by Crippen LogP contribution is 2.69. The summed E-state index contributed by atoms with van der Waals surface area (Å²) in [5, 5.41) is 27.0. The molecule has 9 atom stereocenters. The molecule has 7 rings (SSSR count). The molecular weight excluding hydrogens is 676 g/mol. The monoisotopic (exact) mass is 734 g/mol. The minimum Gasteiger partial charge on any atom is -0.458 e. The summed E-state index contributed by atoms with van der Waals surface area (Å²) in [5.41, 5.74) is -1.93. The van der Waals surface area contributed by atoms with Crippen LogP contribution in [-0.2, 0) is 25.7 Å². The number of nitrogens with zero attached hydrogens (tertiary/aromatic N) is 7. The average Bonchev–Trinajstić information content (AvgIpc) is 3.73. The zero-order valence-electron chi connectivity index (χ0n) is 32.1. The molecule has 2 aromatic heterocycles. The van der Waals surface area contributed by atoms with Gasteiger partial charge in [0.05, 0.1) is 25.1 Å². The SMILES string of the molecule is C=CC1(C)CC(O)C2(C)C3C(=O)CCC3(CCC2(C)OC(=O)CN2CCN(C(=O)CCn3cnc4c(N5CCNCC5C)ncnc43)CC2)C(C)C1O. The second-order valence-electron chi connectivity index (χ2n) is 17.2. The van der Waals surface area contributed by atoms with Crippen LogP contribution in [0, 0.1) is 28.1 Å². The highest BCUT2D eigenvalue weighted by Gasteiger charge is 2.72. The molecule has 3 aliphatic carbocycles. The number of hydrogen-bond donors (Lipinski definition) is 3. The maximum Gasteiger partial charge on any atom is 0.320 e. The molecule has 4 heterocycles. The van der Waals surface area contributed by atoms with Gasteiger partial charge in [-0.05, 0) is 50.9 Å². The number of hydrogen-bond acceptors (Lipinski definition) is 12. The normalized spacial score (nSPS) is 37.9. The number of aromatic nitrogens is 4. The van der Waals surface area contributed by atoms with Crippen LogP contribution in [-0.4, -0.2) is 133 Å². The van der Waals surface area contributed by atoms with Gasteiger partial charge in [0, 0.05) is 88.0 Å². The molecule has 5 aliphatic rings. The molecule has 0 aromatic carbocycles. The molecule has 3 saturated carbocycles. The fourth-order valence-corrected chi connectivity index (χ4v) is 10.9. The molecule has 0 spiro atoms. The zero-order chi connectivity index (χ0) is 37.9. The summed E-state index contributed by atoms with van der Waals surface area (Å²) in [6.45, 7) is 19.1. The van der Waals surface area contributed by atoms with E-state index < -0.39 is 45.9 Å². The number of carbonyl (C=O) groups excluding carboxylic acids is 3. The Morgan fingerprint density at radius 3 is 2.53 bits per heavy atom. The van der Waals surface area contributed by atoms with Crippen molar-refractivity contribution in [2.24, 2.45) is 28.1 Å².